The Morgan fingerprint density at radius 1 is 0.731 bits per heavy atom. The highest BCUT2D eigenvalue weighted by Gasteiger charge is 2.44. The van der Waals surface area contributed by atoms with Crippen LogP contribution in [0.1, 0.15) is 30.7 Å². The van der Waals surface area contributed by atoms with E-state index in [4.69, 9.17) is 0 Å². The molecule has 1 aliphatic carbocycles. The van der Waals surface area contributed by atoms with Gasteiger partial charge in [0, 0.05) is 20.7 Å². The van der Waals surface area contributed by atoms with Crippen molar-refractivity contribution in [3.63, 3.8) is 0 Å². The molecule has 3 heteroatoms. The quantitative estimate of drug-likeness (QED) is 0.462. The molecule has 1 nitrogen and oxygen atoms in total. The fourth-order valence-electron chi connectivity index (χ4n) is 4.35. The average Bonchev–Trinajstić information content (AvgIpc) is 3.19. The van der Waals surface area contributed by atoms with E-state index in [0.717, 1.165) is 34.3 Å². The molecule has 0 bridgehead atoms. The van der Waals surface area contributed by atoms with Gasteiger partial charge in [0.05, 0.1) is 0 Å². The van der Waals surface area contributed by atoms with Gasteiger partial charge in [-0.05, 0) is 30.4 Å². The van der Waals surface area contributed by atoms with Gasteiger partial charge in [0.2, 0.25) is 0 Å². The molecule has 0 radical (unpaired) electrons. The largest absolute Gasteiger partial charge is 0.313 e. The van der Waals surface area contributed by atoms with Crippen molar-refractivity contribution in [2.75, 3.05) is 0 Å². The lowest BCUT2D eigenvalue weighted by Crippen LogP contribution is -2.27. The summed E-state index contributed by atoms with van der Waals surface area (Å²) in [5.74, 6) is 0.317. The first-order valence-electron chi connectivity index (χ1n) is 9.16. The molecule has 2 atom stereocenters. The third-order valence-electron chi connectivity index (χ3n) is 5.53. The van der Waals surface area contributed by atoms with E-state index in [1.165, 1.54) is 5.56 Å². The van der Waals surface area contributed by atoms with Gasteiger partial charge < -0.3 is 4.57 Å². The smallest absolute Gasteiger partial charge is 0.146 e. The Morgan fingerprint density at radius 2 is 1.27 bits per heavy atom. The first-order valence-corrected chi connectivity index (χ1v) is 11.7. The zero-order chi connectivity index (χ0) is 18.0. The minimum Gasteiger partial charge on any atom is -0.313 e. The van der Waals surface area contributed by atoms with Crippen molar-refractivity contribution in [1.82, 2.24) is 0 Å². The fourth-order valence-corrected chi connectivity index (χ4v) is 8.58. The van der Waals surface area contributed by atoms with Crippen LogP contribution in [-0.4, -0.2) is 5.66 Å². The number of halogens is 1. The van der Waals surface area contributed by atoms with E-state index in [1.54, 1.807) is 0 Å². The van der Waals surface area contributed by atoms with Crippen LogP contribution in [0.3, 0.4) is 0 Å². The maximum absolute atomic E-state index is 14.7. The second kappa shape index (κ2) is 7.55. The van der Waals surface area contributed by atoms with Crippen LogP contribution in [0, 0.1) is 0 Å². The van der Waals surface area contributed by atoms with Crippen molar-refractivity contribution in [1.29, 1.82) is 0 Å². The van der Waals surface area contributed by atoms with Crippen LogP contribution >= 0.6 is 23.1 Å². The summed E-state index contributed by atoms with van der Waals surface area (Å²) >= 11 is 3.72. The molecule has 1 saturated carbocycles. The maximum Gasteiger partial charge on any atom is 0.146 e. The van der Waals surface area contributed by atoms with Crippen LogP contribution in [0.25, 0.3) is 0 Å². The van der Waals surface area contributed by atoms with E-state index in [-0.39, 0.29) is 5.66 Å². The molecule has 0 spiro atoms. The van der Waals surface area contributed by atoms with Gasteiger partial charge in [0.1, 0.15) is 7.14 Å². The molecule has 3 aromatic rings. The second-order valence-corrected chi connectivity index (χ2v) is 10.8. The Morgan fingerprint density at radius 3 is 1.85 bits per heavy atom. The van der Waals surface area contributed by atoms with Crippen LogP contribution in [0.4, 0.5) is 0 Å². The summed E-state index contributed by atoms with van der Waals surface area (Å²) in [6.07, 6.45) is 3.23. The van der Waals surface area contributed by atoms with Gasteiger partial charge in [-0.2, -0.15) is 0 Å². The van der Waals surface area contributed by atoms with Crippen molar-refractivity contribution in [2.24, 2.45) is 0 Å². The van der Waals surface area contributed by atoms with Gasteiger partial charge in [-0.25, -0.2) is 0 Å². The summed E-state index contributed by atoms with van der Waals surface area (Å²) in [6, 6.07) is 28.6. The molecule has 0 aliphatic heterocycles. The van der Waals surface area contributed by atoms with E-state index in [9.17, 15) is 4.57 Å². The van der Waals surface area contributed by atoms with Crippen molar-refractivity contribution >= 4 is 33.7 Å². The van der Waals surface area contributed by atoms with E-state index in [1.807, 2.05) is 66.7 Å². The molecule has 26 heavy (non-hydrogen) atoms. The van der Waals surface area contributed by atoms with E-state index in [0.29, 0.717) is 5.92 Å². The van der Waals surface area contributed by atoms with Crippen LogP contribution in [0.2, 0.25) is 0 Å². The van der Waals surface area contributed by atoms with Crippen LogP contribution in [0.15, 0.2) is 89.4 Å². The summed E-state index contributed by atoms with van der Waals surface area (Å²) in [4.78, 5) is 0. The van der Waals surface area contributed by atoms with Gasteiger partial charge in [-0.3, -0.25) is 0 Å². The van der Waals surface area contributed by atoms with Crippen molar-refractivity contribution in [3.8, 4) is 0 Å². The number of benzene rings is 3. The predicted molar refractivity (Wildman–Crippen MR) is 114 cm³/mol. The monoisotopic (exact) mass is 424 g/mol. The van der Waals surface area contributed by atoms with Crippen molar-refractivity contribution in [3.05, 3.63) is 95.0 Å². The molecule has 132 valence electrons. The van der Waals surface area contributed by atoms with Crippen molar-refractivity contribution in [2.45, 2.75) is 30.8 Å². The van der Waals surface area contributed by atoms with Gasteiger partial charge in [-0.1, -0.05) is 101 Å². The Bertz CT molecular complexity index is 880. The van der Waals surface area contributed by atoms with E-state index >= 15 is 0 Å². The third kappa shape index (κ3) is 3.10. The zero-order valence-electron chi connectivity index (χ0n) is 14.6. The molecule has 0 unspecified atom stereocenters. The summed E-state index contributed by atoms with van der Waals surface area (Å²) in [5.41, 5.74) is 1.44. The number of hydrogen-bond donors (Lipinski definition) is 0. The summed E-state index contributed by atoms with van der Waals surface area (Å²) in [7, 11) is -2.73. The van der Waals surface area contributed by atoms with E-state index < -0.39 is 7.14 Å². The van der Waals surface area contributed by atoms with E-state index in [2.05, 4.69) is 34.1 Å². The van der Waals surface area contributed by atoms with Gasteiger partial charge in [0.15, 0.2) is 0 Å². The van der Waals surface area contributed by atoms with Crippen molar-refractivity contribution < 1.29 is 4.57 Å². The lowest BCUT2D eigenvalue weighted by Gasteiger charge is -2.31. The lowest BCUT2D eigenvalue weighted by molar-refractivity contribution is 0.570. The molecule has 0 saturated heterocycles. The molecule has 4 rings (SSSR count). The van der Waals surface area contributed by atoms with Crippen LogP contribution < -0.4 is 10.6 Å². The Kier molecular flexibility index (Phi) is 5.16. The molecular formula is C23H22BrOP. The Balaban J connectivity index is 1.87. The normalized spacial score (nSPS) is 20.2. The minimum atomic E-state index is -2.73. The molecule has 0 N–H and O–H groups in total. The molecule has 1 fully saturated rings. The number of rotatable bonds is 4. The highest BCUT2D eigenvalue weighted by molar-refractivity contribution is 9.10. The summed E-state index contributed by atoms with van der Waals surface area (Å²) in [6.45, 7) is 0. The Hall–Kier alpha value is -1.63. The fraction of sp³-hybridized carbons (Fsp3) is 0.217. The van der Waals surface area contributed by atoms with Gasteiger partial charge in [0.25, 0.3) is 0 Å². The maximum atomic E-state index is 14.7. The minimum absolute atomic E-state index is 0.144. The molecule has 1 aliphatic rings. The van der Waals surface area contributed by atoms with Gasteiger partial charge in [-0.15, -0.1) is 0 Å². The molecular weight excluding hydrogens is 403 g/mol. The standard InChI is InChI=1S/C23H22BrOP/c24-22-16-8-7-14-20(22)21-15-9-17-23(21)26(25,18-10-3-1-4-11-18)19-12-5-2-6-13-19/h1-8,10-14,16,21,23H,9,15,17H2/t21-,23+/m1/s1. The first-order chi connectivity index (χ1) is 12.7. The first kappa shape index (κ1) is 17.8. The van der Waals surface area contributed by atoms with Crippen LogP contribution in [0.5, 0.6) is 0 Å². The predicted octanol–water partition coefficient (Wildman–Crippen LogP) is 6.10. The highest BCUT2D eigenvalue weighted by atomic mass is 79.9. The van der Waals surface area contributed by atoms with Crippen LogP contribution in [-0.2, 0) is 4.57 Å². The Labute approximate surface area is 164 Å². The molecule has 0 aromatic heterocycles. The second-order valence-electron chi connectivity index (χ2n) is 6.96. The zero-order valence-corrected chi connectivity index (χ0v) is 17.1. The SMILES string of the molecule is O=P(c1ccccc1)(c1ccccc1)[C@H]1CCC[C@@H]1c1ccccc1Br. The lowest BCUT2D eigenvalue weighted by atomic mass is 9.97. The third-order valence-corrected chi connectivity index (χ3v) is 9.94. The summed E-state index contributed by atoms with van der Waals surface area (Å²) < 4.78 is 15.8. The average molecular weight is 425 g/mol. The topological polar surface area (TPSA) is 17.1 Å². The summed E-state index contributed by atoms with van der Waals surface area (Å²) in [5, 5.41) is 1.96. The molecule has 3 aromatic carbocycles. The molecule has 0 amide bonds. The highest BCUT2D eigenvalue weighted by Crippen LogP contribution is 2.59. The molecule has 0 heterocycles. The number of hydrogen-bond acceptors (Lipinski definition) is 1. The van der Waals surface area contributed by atoms with Gasteiger partial charge >= 0.3 is 0 Å².